The minimum atomic E-state index is -0.165. The van der Waals surface area contributed by atoms with Crippen LogP contribution in [0.3, 0.4) is 0 Å². The van der Waals surface area contributed by atoms with Gasteiger partial charge in [-0.05, 0) is 55.5 Å². The highest BCUT2D eigenvalue weighted by Gasteiger charge is 2.22. The van der Waals surface area contributed by atoms with Gasteiger partial charge in [0.2, 0.25) is 5.88 Å². The topological polar surface area (TPSA) is 65.4 Å². The van der Waals surface area contributed by atoms with Crippen molar-refractivity contribution in [1.29, 1.82) is 0 Å². The Labute approximate surface area is 168 Å². The van der Waals surface area contributed by atoms with Gasteiger partial charge in [0.05, 0.1) is 12.8 Å². The lowest BCUT2D eigenvalue weighted by Crippen LogP contribution is -2.20. The van der Waals surface area contributed by atoms with Crippen LogP contribution in [-0.2, 0) is 0 Å². The molecule has 29 heavy (non-hydrogen) atoms. The Morgan fingerprint density at radius 2 is 1.55 bits per heavy atom. The summed E-state index contributed by atoms with van der Waals surface area (Å²) in [6.07, 6.45) is 0. The minimum absolute atomic E-state index is 0.165. The average Bonchev–Trinajstić information content (AvgIpc) is 2.74. The lowest BCUT2D eigenvalue weighted by atomic mass is 10.1. The third-order valence-electron chi connectivity index (χ3n) is 4.68. The summed E-state index contributed by atoms with van der Waals surface area (Å²) in [6, 6.07) is 21.0. The third-order valence-corrected chi connectivity index (χ3v) is 4.68. The fourth-order valence-electron chi connectivity index (χ4n) is 3.23. The molecule has 0 radical (unpaired) electrons. The number of ether oxygens (including phenoxy) is 1. The second-order valence-corrected chi connectivity index (χ2v) is 6.64. The molecule has 0 saturated carbocycles. The Morgan fingerprint density at radius 1 is 0.897 bits per heavy atom. The van der Waals surface area contributed by atoms with Gasteiger partial charge in [-0.1, -0.05) is 23.8 Å². The molecule has 0 unspecified atom stereocenters. The van der Waals surface area contributed by atoms with Crippen LogP contribution in [0.4, 0.5) is 11.4 Å². The number of hydrogen-bond acceptors (Lipinski definition) is 5. The van der Waals surface area contributed by atoms with Crippen LogP contribution in [0.25, 0.3) is 22.6 Å². The Balaban J connectivity index is 1.75. The van der Waals surface area contributed by atoms with Gasteiger partial charge in [-0.2, -0.15) is 0 Å². The van der Waals surface area contributed by atoms with Crippen LogP contribution in [0.1, 0.15) is 5.56 Å². The van der Waals surface area contributed by atoms with E-state index in [4.69, 9.17) is 9.57 Å². The van der Waals surface area contributed by atoms with Crippen molar-refractivity contribution in [3.8, 4) is 28.5 Å². The SMILES string of the molecule is COc1c2c(=O)cccc-2nc(-c2ccc(Nc3ccc(C)cc3)cc2)n1OC. The molecule has 6 nitrogen and oxygen atoms in total. The summed E-state index contributed by atoms with van der Waals surface area (Å²) in [5.41, 5.74) is 4.80. The monoisotopic (exact) mass is 387 g/mol. The maximum Gasteiger partial charge on any atom is 0.243 e. The fraction of sp³-hybridized carbons (Fsp3) is 0.130. The van der Waals surface area contributed by atoms with Gasteiger partial charge in [0.25, 0.3) is 0 Å². The number of nitrogens with zero attached hydrogens (tertiary/aromatic N) is 2. The highest BCUT2D eigenvalue weighted by atomic mass is 16.7. The third kappa shape index (κ3) is 3.52. The Morgan fingerprint density at radius 3 is 2.17 bits per heavy atom. The Kier molecular flexibility index (Phi) is 4.91. The number of methoxy groups -OCH3 is 1. The van der Waals surface area contributed by atoms with Gasteiger partial charge in [0.15, 0.2) is 11.3 Å². The van der Waals surface area contributed by atoms with Crippen molar-refractivity contribution in [3.05, 3.63) is 82.5 Å². The summed E-state index contributed by atoms with van der Waals surface area (Å²) in [7, 11) is 3.02. The molecule has 1 aliphatic heterocycles. The van der Waals surface area contributed by atoms with Crippen molar-refractivity contribution in [2.24, 2.45) is 0 Å². The molecule has 1 heterocycles. The normalized spacial score (nSPS) is 10.7. The van der Waals surface area contributed by atoms with E-state index < -0.39 is 0 Å². The zero-order chi connectivity index (χ0) is 20.4. The average molecular weight is 387 g/mol. The summed E-state index contributed by atoms with van der Waals surface area (Å²) in [6.45, 7) is 2.06. The van der Waals surface area contributed by atoms with E-state index in [2.05, 4.69) is 29.4 Å². The number of aromatic nitrogens is 2. The first kappa shape index (κ1) is 18.6. The fourth-order valence-corrected chi connectivity index (χ4v) is 3.23. The van der Waals surface area contributed by atoms with E-state index in [1.54, 1.807) is 12.1 Å². The molecule has 0 saturated heterocycles. The first-order valence-electron chi connectivity index (χ1n) is 9.19. The number of aryl methyl sites for hydroxylation is 1. The maximum atomic E-state index is 12.3. The highest BCUT2D eigenvalue weighted by molar-refractivity contribution is 5.72. The summed E-state index contributed by atoms with van der Waals surface area (Å²) in [4.78, 5) is 22.5. The smallest absolute Gasteiger partial charge is 0.243 e. The van der Waals surface area contributed by atoms with E-state index in [1.807, 2.05) is 36.4 Å². The Hall–Kier alpha value is -3.80. The second kappa shape index (κ2) is 7.67. The van der Waals surface area contributed by atoms with E-state index in [-0.39, 0.29) is 5.43 Å². The van der Waals surface area contributed by atoms with E-state index in [0.717, 1.165) is 16.9 Å². The molecule has 146 valence electrons. The van der Waals surface area contributed by atoms with E-state index in [1.165, 1.54) is 30.6 Å². The number of benzene rings is 3. The summed E-state index contributed by atoms with van der Waals surface area (Å²) >= 11 is 0. The number of anilines is 2. The molecule has 0 aromatic heterocycles. The molecule has 2 aromatic carbocycles. The van der Waals surface area contributed by atoms with Crippen molar-refractivity contribution < 1.29 is 9.57 Å². The van der Waals surface area contributed by atoms with E-state index in [0.29, 0.717) is 23.0 Å². The number of nitrogens with one attached hydrogen (secondary N) is 1. The Bertz CT molecular complexity index is 1170. The summed E-state index contributed by atoms with van der Waals surface area (Å²) < 4.78 is 6.93. The summed E-state index contributed by atoms with van der Waals surface area (Å²) in [5.74, 6) is 0.865. The van der Waals surface area contributed by atoms with Crippen LogP contribution in [0.5, 0.6) is 5.88 Å². The van der Waals surface area contributed by atoms with Gasteiger partial charge in [-0.25, -0.2) is 4.98 Å². The van der Waals surface area contributed by atoms with Crippen molar-refractivity contribution in [1.82, 2.24) is 9.71 Å². The predicted octanol–water partition coefficient (Wildman–Crippen LogP) is 4.13. The largest absolute Gasteiger partial charge is 0.480 e. The molecule has 4 rings (SSSR count). The molecule has 0 fully saturated rings. The predicted molar refractivity (Wildman–Crippen MR) is 114 cm³/mol. The molecule has 2 aromatic rings. The quantitative estimate of drug-likeness (QED) is 0.558. The van der Waals surface area contributed by atoms with Crippen LogP contribution >= 0.6 is 0 Å². The van der Waals surface area contributed by atoms with Crippen LogP contribution in [0, 0.1) is 6.92 Å². The molecular formula is C23H21N3O3. The maximum absolute atomic E-state index is 12.3. The second-order valence-electron chi connectivity index (χ2n) is 6.64. The first-order chi connectivity index (χ1) is 14.1. The van der Waals surface area contributed by atoms with Crippen LogP contribution in [0.15, 0.2) is 71.5 Å². The van der Waals surface area contributed by atoms with Crippen molar-refractivity contribution in [2.45, 2.75) is 6.92 Å². The van der Waals surface area contributed by atoms with Gasteiger partial charge < -0.3 is 14.9 Å². The first-order valence-corrected chi connectivity index (χ1v) is 9.19. The molecule has 0 bridgehead atoms. The number of fused-ring (bicyclic) bond motifs is 1. The number of rotatable bonds is 5. The summed E-state index contributed by atoms with van der Waals surface area (Å²) in [5, 5.41) is 3.37. The lowest BCUT2D eigenvalue weighted by Gasteiger charge is -2.19. The van der Waals surface area contributed by atoms with E-state index >= 15 is 0 Å². The lowest BCUT2D eigenvalue weighted by molar-refractivity contribution is 0.138. The van der Waals surface area contributed by atoms with Crippen molar-refractivity contribution in [3.63, 3.8) is 0 Å². The van der Waals surface area contributed by atoms with Gasteiger partial charge in [-0.15, -0.1) is 4.73 Å². The molecule has 0 atom stereocenters. The molecule has 6 heteroatoms. The standard InChI is InChI=1S/C23H21N3O3/c1-15-7-11-17(12-8-15)24-18-13-9-16(10-14-18)22-25-19-5-4-6-20(27)21(19)23(28-2)26(22)29-3/h4-14,24H,1-3H3. The molecular weight excluding hydrogens is 366 g/mol. The minimum Gasteiger partial charge on any atom is -0.480 e. The van der Waals surface area contributed by atoms with Crippen molar-refractivity contribution >= 4 is 11.4 Å². The zero-order valence-electron chi connectivity index (χ0n) is 16.5. The zero-order valence-corrected chi connectivity index (χ0v) is 16.5. The molecule has 1 aliphatic carbocycles. The molecule has 2 aliphatic rings. The molecule has 0 amide bonds. The van der Waals surface area contributed by atoms with Crippen LogP contribution in [-0.4, -0.2) is 23.9 Å². The molecule has 0 spiro atoms. The van der Waals surface area contributed by atoms with Crippen molar-refractivity contribution in [2.75, 3.05) is 19.5 Å². The van der Waals surface area contributed by atoms with Gasteiger partial charge in [-0.3, -0.25) is 4.79 Å². The number of hydrogen-bond donors (Lipinski definition) is 1. The van der Waals surface area contributed by atoms with E-state index in [9.17, 15) is 4.79 Å². The highest BCUT2D eigenvalue weighted by Crippen LogP contribution is 2.32. The van der Waals surface area contributed by atoms with Crippen LogP contribution < -0.4 is 20.3 Å². The van der Waals surface area contributed by atoms with Gasteiger partial charge in [0.1, 0.15) is 12.7 Å². The van der Waals surface area contributed by atoms with Gasteiger partial charge >= 0.3 is 0 Å². The van der Waals surface area contributed by atoms with Gasteiger partial charge in [0, 0.05) is 16.9 Å². The molecule has 1 N–H and O–H groups in total. The van der Waals surface area contributed by atoms with Crippen LogP contribution in [0.2, 0.25) is 0 Å².